The van der Waals surface area contributed by atoms with Gasteiger partial charge in [-0.05, 0) is 61.2 Å². The summed E-state index contributed by atoms with van der Waals surface area (Å²) in [6.45, 7) is 1.81. The van der Waals surface area contributed by atoms with Crippen LogP contribution in [0.4, 0.5) is 22.0 Å². The predicted octanol–water partition coefficient (Wildman–Crippen LogP) is 6.04. The maximum absolute atomic E-state index is 14.8. The maximum Gasteiger partial charge on any atom is 0.416 e. The van der Waals surface area contributed by atoms with E-state index >= 15 is 0 Å². The molecule has 0 radical (unpaired) electrons. The molecule has 0 unspecified atom stereocenters. The normalized spacial score (nSPS) is 13.4. The summed E-state index contributed by atoms with van der Waals surface area (Å²) in [5.74, 6) is -1.31. The molecule has 0 aliphatic carbocycles. The summed E-state index contributed by atoms with van der Waals surface area (Å²) in [4.78, 5) is 12.7. The van der Waals surface area contributed by atoms with Gasteiger partial charge in [0.25, 0.3) is 0 Å². The summed E-state index contributed by atoms with van der Waals surface area (Å²) in [5, 5.41) is 5.74. The number of nitrogens with one attached hydrogen (secondary N) is 2. The van der Waals surface area contributed by atoms with Crippen molar-refractivity contribution in [1.29, 1.82) is 0 Å². The highest BCUT2D eigenvalue weighted by atomic mass is 19.4. The second-order valence-corrected chi connectivity index (χ2v) is 8.08. The summed E-state index contributed by atoms with van der Waals surface area (Å²) >= 11 is 0. The number of carbonyl (C=O) groups excluding carboxylic acids is 1. The Kier molecular flexibility index (Phi) is 8.04. The molecule has 0 saturated heterocycles. The monoisotopic (exact) mass is 476 g/mol. The summed E-state index contributed by atoms with van der Waals surface area (Å²) in [6.07, 6.45) is -3.78. The predicted molar refractivity (Wildman–Crippen MR) is 120 cm³/mol. The number of aryl methyl sites for hydroxylation is 2. The Hall–Kier alpha value is -3.26. The zero-order valence-electron chi connectivity index (χ0n) is 18.7. The van der Waals surface area contributed by atoms with Crippen LogP contribution in [-0.4, -0.2) is 13.0 Å². The molecule has 8 heteroatoms. The van der Waals surface area contributed by atoms with Crippen molar-refractivity contribution in [1.82, 2.24) is 10.6 Å². The number of likely N-dealkylation sites (N-methyl/N-ethyl adjacent to an activating group) is 1. The molecule has 0 aromatic heterocycles. The largest absolute Gasteiger partial charge is 0.416 e. The van der Waals surface area contributed by atoms with E-state index in [1.54, 1.807) is 12.1 Å². The van der Waals surface area contributed by atoms with Crippen molar-refractivity contribution in [3.8, 4) is 0 Å². The Labute approximate surface area is 195 Å². The molecule has 3 aromatic carbocycles. The fourth-order valence-electron chi connectivity index (χ4n) is 3.75. The molecule has 2 atom stereocenters. The first kappa shape index (κ1) is 25.4. The maximum atomic E-state index is 14.8. The van der Waals surface area contributed by atoms with Gasteiger partial charge >= 0.3 is 6.18 Å². The smallest absolute Gasteiger partial charge is 0.358 e. The zero-order valence-corrected chi connectivity index (χ0v) is 18.7. The zero-order chi connectivity index (χ0) is 24.9. The third-order valence-corrected chi connectivity index (χ3v) is 5.61. The number of halogens is 5. The summed E-state index contributed by atoms with van der Waals surface area (Å²) in [5.41, 5.74) is 1.55. The Bertz CT molecular complexity index is 1110. The van der Waals surface area contributed by atoms with Gasteiger partial charge in [-0.2, -0.15) is 13.2 Å². The Morgan fingerprint density at radius 2 is 1.59 bits per heavy atom. The van der Waals surface area contributed by atoms with E-state index in [2.05, 4.69) is 10.6 Å². The molecule has 34 heavy (non-hydrogen) atoms. The lowest BCUT2D eigenvalue weighted by molar-refractivity contribution is -0.137. The van der Waals surface area contributed by atoms with Gasteiger partial charge in [-0.3, -0.25) is 10.1 Å². The second-order valence-electron chi connectivity index (χ2n) is 8.08. The van der Waals surface area contributed by atoms with Gasteiger partial charge < -0.3 is 5.32 Å². The summed E-state index contributed by atoms with van der Waals surface area (Å²) < 4.78 is 66.8. The summed E-state index contributed by atoms with van der Waals surface area (Å²) in [6, 6.07) is 13.3. The molecule has 1 amide bonds. The van der Waals surface area contributed by atoms with Crippen LogP contribution in [0, 0.1) is 18.6 Å². The molecule has 3 aromatic rings. The SMILES string of the molecule is CNC(=O)[C@H](N[C@@H](CCc1ccc(C(F)(F)F)cc1)c1cc(C)ccc1F)c1ccc(F)cc1. The number of benzene rings is 3. The Balaban J connectivity index is 1.90. The van der Waals surface area contributed by atoms with Gasteiger partial charge in [-0.25, -0.2) is 8.78 Å². The highest BCUT2D eigenvalue weighted by Crippen LogP contribution is 2.31. The summed E-state index contributed by atoms with van der Waals surface area (Å²) in [7, 11) is 1.46. The van der Waals surface area contributed by atoms with Crippen LogP contribution >= 0.6 is 0 Å². The highest BCUT2D eigenvalue weighted by Gasteiger charge is 2.30. The standard InChI is InChI=1S/C26H25F5N2O/c1-16-3-13-22(28)21(15-16)23(14-6-17-4-9-19(10-5-17)26(29,30)31)33-24(25(34)32-2)18-7-11-20(27)12-8-18/h3-5,7-13,15,23-24,33H,6,14H2,1-2H3,(H,32,34)/t23-,24+/m0/s1. The number of hydrogen-bond donors (Lipinski definition) is 2. The molecule has 0 fully saturated rings. The van der Waals surface area contributed by atoms with E-state index in [0.29, 0.717) is 29.5 Å². The van der Waals surface area contributed by atoms with Crippen LogP contribution in [-0.2, 0) is 17.4 Å². The Morgan fingerprint density at radius 3 is 2.18 bits per heavy atom. The van der Waals surface area contributed by atoms with E-state index in [1.807, 2.05) is 6.92 Å². The van der Waals surface area contributed by atoms with Gasteiger partial charge in [-0.15, -0.1) is 0 Å². The number of alkyl halides is 3. The van der Waals surface area contributed by atoms with E-state index in [-0.39, 0.29) is 5.91 Å². The number of carbonyl (C=O) groups is 1. The van der Waals surface area contributed by atoms with Gasteiger partial charge in [0.2, 0.25) is 5.91 Å². The minimum Gasteiger partial charge on any atom is -0.358 e. The highest BCUT2D eigenvalue weighted by molar-refractivity contribution is 5.83. The molecular formula is C26H25F5N2O. The van der Waals surface area contributed by atoms with Crippen LogP contribution in [0.2, 0.25) is 0 Å². The van der Waals surface area contributed by atoms with Crippen molar-refractivity contribution in [3.63, 3.8) is 0 Å². The number of amides is 1. The van der Waals surface area contributed by atoms with Crippen molar-refractivity contribution in [2.24, 2.45) is 0 Å². The van der Waals surface area contributed by atoms with Crippen LogP contribution in [0.3, 0.4) is 0 Å². The average molecular weight is 476 g/mol. The minimum absolute atomic E-state index is 0.306. The molecule has 180 valence electrons. The molecule has 0 saturated carbocycles. The lowest BCUT2D eigenvalue weighted by Crippen LogP contribution is -2.38. The molecule has 0 heterocycles. The van der Waals surface area contributed by atoms with E-state index in [0.717, 1.165) is 17.7 Å². The topological polar surface area (TPSA) is 41.1 Å². The molecule has 3 rings (SSSR count). The molecule has 0 spiro atoms. The third kappa shape index (κ3) is 6.41. The number of hydrogen-bond acceptors (Lipinski definition) is 2. The van der Waals surface area contributed by atoms with E-state index in [4.69, 9.17) is 0 Å². The quantitative estimate of drug-likeness (QED) is 0.389. The van der Waals surface area contributed by atoms with Crippen molar-refractivity contribution >= 4 is 5.91 Å². The van der Waals surface area contributed by atoms with Gasteiger partial charge in [-0.1, -0.05) is 42.0 Å². The first-order valence-electron chi connectivity index (χ1n) is 10.7. The average Bonchev–Trinajstić information content (AvgIpc) is 2.81. The van der Waals surface area contributed by atoms with Crippen molar-refractivity contribution in [3.05, 3.63) is 106 Å². The first-order valence-corrected chi connectivity index (χ1v) is 10.7. The minimum atomic E-state index is -4.43. The molecule has 0 aliphatic rings. The van der Waals surface area contributed by atoms with Crippen molar-refractivity contribution in [2.75, 3.05) is 7.05 Å². The third-order valence-electron chi connectivity index (χ3n) is 5.61. The van der Waals surface area contributed by atoms with Gasteiger partial charge in [0.1, 0.15) is 17.7 Å². The van der Waals surface area contributed by atoms with Crippen LogP contribution in [0.1, 0.15) is 46.3 Å². The lowest BCUT2D eigenvalue weighted by atomic mass is 9.94. The van der Waals surface area contributed by atoms with Gasteiger partial charge in [0, 0.05) is 18.7 Å². The fraction of sp³-hybridized carbons (Fsp3) is 0.269. The van der Waals surface area contributed by atoms with E-state index in [9.17, 15) is 26.7 Å². The van der Waals surface area contributed by atoms with Crippen LogP contribution < -0.4 is 10.6 Å². The molecule has 0 bridgehead atoms. The van der Waals surface area contributed by atoms with Gasteiger partial charge in [0.05, 0.1) is 5.56 Å². The van der Waals surface area contributed by atoms with Gasteiger partial charge in [0.15, 0.2) is 0 Å². The Morgan fingerprint density at radius 1 is 0.941 bits per heavy atom. The molecule has 2 N–H and O–H groups in total. The lowest BCUT2D eigenvalue weighted by Gasteiger charge is -2.26. The van der Waals surface area contributed by atoms with Crippen LogP contribution in [0.5, 0.6) is 0 Å². The second kappa shape index (κ2) is 10.8. The molecule has 0 aliphatic heterocycles. The van der Waals surface area contributed by atoms with E-state index < -0.39 is 35.5 Å². The molecule has 3 nitrogen and oxygen atoms in total. The number of rotatable bonds is 8. The first-order chi connectivity index (χ1) is 16.1. The van der Waals surface area contributed by atoms with Crippen LogP contribution in [0.25, 0.3) is 0 Å². The van der Waals surface area contributed by atoms with E-state index in [1.165, 1.54) is 49.5 Å². The van der Waals surface area contributed by atoms with Crippen LogP contribution in [0.15, 0.2) is 66.7 Å². The van der Waals surface area contributed by atoms with Crippen molar-refractivity contribution in [2.45, 2.75) is 38.0 Å². The van der Waals surface area contributed by atoms with Crippen molar-refractivity contribution < 1.29 is 26.7 Å². The molecular weight excluding hydrogens is 451 g/mol. The fourth-order valence-corrected chi connectivity index (χ4v) is 3.75.